The predicted octanol–water partition coefficient (Wildman–Crippen LogP) is 1.18. The van der Waals surface area contributed by atoms with E-state index in [1.54, 1.807) is 0 Å². The zero-order chi connectivity index (χ0) is 12.7. The van der Waals surface area contributed by atoms with E-state index in [0.29, 0.717) is 5.92 Å². The quantitative estimate of drug-likeness (QED) is 0.707. The first-order valence-corrected chi connectivity index (χ1v) is 6.59. The van der Waals surface area contributed by atoms with Crippen LogP contribution in [0.5, 0.6) is 0 Å². The van der Waals surface area contributed by atoms with Crippen molar-refractivity contribution in [3.63, 3.8) is 0 Å². The molecule has 2 atom stereocenters. The van der Waals surface area contributed by atoms with Crippen LogP contribution in [0.3, 0.4) is 0 Å². The molecule has 0 amide bonds. The molecule has 0 aliphatic carbocycles. The minimum absolute atomic E-state index is 0.133. The number of hydrogen-bond donors (Lipinski definition) is 2. The van der Waals surface area contributed by atoms with Gasteiger partial charge < -0.3 is 19.9 Å². The summed E-state index contributed by atoms with van der Waals surface area (Å²) in [7, 11) is 1.88. The summed E-state index contributed by atoms with van der Waals surface area (Å²) >= 11 is 0. The topological polar surface area (TPSA) is 50.7 Å². The fraction of sp³-hybridized carbons (Fsp3) is 1.00. The summed E-state index contributed by atoms with van der Waals surface area (Å²) in [5.41, 5.74) is -0.241. The molecule has 1 fully saturated rings. The molecule has 17 heavy (non-hydrogen) atoms. The van der Waals surface area contributed by atoms with Crippen molar-refractivity contribution < 1.29 is 14.6 Å². The summed E-state index contributed by atoms with van der Waals surface area (Å²) in [4.78, 5) is 0. The van der Waals surface area contributed by atoms with Gasteiger partial charge in [0.1, 0.15) is 0 Å². The molecule has 0 spiro atoms. The van der Waals surface area contributed by atoms with Gasteiger partial charge in [0.05, 0.1) is 12.7 Å². The fourth-order valence-corrected chi connectivity index (χ4v) is 2.15. The second kappa shape index (κ2) is 7.31. The number of hydrogen-bond acceptors (Lipinski definition) is 4. The van der Waals surface area contributed by atoms with Gasteiger partial charge in [-0.15, -0.1) is 0 Å². The van der Waals surface area contributed by atoms with Gasteiger partial charge in [-0.1, -0.05) is 0 Å². The number of rotatable bonds is 7. The fourth-order valence-electron chi connectivity index (χ4n) is 2.15. The summed E-state index contributed by atoms with van der Waals surface area (Å²) in [5, 5.41) is 12.5. The highest BCUT2D eigenvalue weighted by Gasteiger charge is 2.24. The molecule has 1 heterocycles. The molecule has 0 radical (unpaired) electrons. The Hall–Kier alpha value is -0.160. The smallest absolute Gasteiger partial charge is 0.0611 e. The third kappa shape index (κ3) is 5.34. The Morgan fingerprint density at radius 3 is 2.65 bits per heavy atom. The Morgan fingerprint density at radius 2 is 2.12 bits per heavy atom. The highest BCUT2D eigenvalue weighted by Crippen LogP contribution is 2.18. The van der Waals surface area contributed by atoms with Crippen LogP contribution in [0.2, 0.25) is 0 Å². The molecule has 0 aromatic rings. The molecule has 102 valence electrons. The normalized spacial score (nSPS) is 23.3. The molecule has 2 N–H and O–H groups in total. The van der Waals surface area contributed by atoms with Crippen LogP contribution in [0, 0.1) is 5.92 Å². The molecular formula is C13H27NO3. The maximum absolute atomic E-state index is 9.32. The van der Waals surface area contributed by atoms with Gasteiger partial charge in [0.15, 0.2) is 0 Å². The number of ether oxygens (including phenoxy) is 2. The molecule has 4 heteroatoms. The number of likely N-dealkylation sites (N-methyl/N-ethyl adjacent to an activating group) is 1. The minimum Gasteiger partial charge on any atom is -0.394 e. The zero-order valence-corrected chi connectivity index (χ0v) is 11.4. The van der Waals surface area contributed by atoms with Crippen molar-refractivity contribution in [3.05, 3.63) is 0 Å². The Bertz CT molecular complexity index is 201. The Balaban J connectivity index is 2.21. The van der Waals surface area contributed by atoms with E-state index in [-0.39, 0.29) is 18.2 Å². The molecule has 0 aromatic carbocycles. The van der Waals surface area contributed by atoms with Gasteiger partial charge in [-0.2, -0.15) is 0 Å². The lowest BCUT2D eigenvalue weighted by atomic mass is 9.96. The number of nitrogens with one attached hydrogen (secondary N) is 1. The summed E-state index contributed by atoms with van der Waals surface area (Å²) in [6.07, 6.45) is 3.21. The van der Waals surface area contributed by atoms with Gasteiger partial charge in [-0.05, 0) is 46.1 Å². The molecule has 0 saturated carbocycles. The molecule has 0 aromatic heterocycles. The van der Waals surface area contributed by atoms with Gasteiger partial charge in [-0.3, -0.25) is 0 Å². The van der Waals surface area contributed by atoms with Gasteiger partial charge >= 0.3 is 0 Å². The van der Waals surface area contributed by atoms with E-state index in [0.717, 1.165) is 39.1 Å². The standard InChI is InChI=1S/C13H27NO3/c1-11(8-13(2,10-15)14-3)17-9-12-4-6-16-7-5-12/h11-12,14-15H,4-10H2,1-3H3. The van der Waals surface area contributed by atoms with E-state index < -0.39 is 0 Å². The molecule has 0 bridgehead atoms. The summed E-state index contributed by atoms with van der Waals surface area (Å²) in [6.45, 7) is 6.77. The molecule has 4 nitrogen and oxygen atoms in total. The average Bonchev–Trinajstić information content (AvgIpc) is 2.37. The van der Waals surface area contributed by atoms with E-state index in [1.807, 2.05) is 14.0 Å². The van der Waals surface area contributed by atoms with Crippen molar-refractivity contribution in [2.24, 2.45) is 5.92 Å². The first kappa shape index (κ1) is 14.9. The van der Waals surface area contributed by atoms with Crippen molar-refractivity contribution in [1.82, 2.24) is 5.32 Å². The molecule has 1 aliphatic rings. The third-order valence-corrected chi connectivity index (χ3v) is 3.65. The monoisotopic (exact) mass is 245 g/mol. The lowest BCUT2D eigenvalue weighted by Gasteiger charge is -2.31. The summed E-state index contributed by atoms with van der Waals surface area (Å²) in [6, 6.07) is 0. The second-order valence-electron chi connectivity index (χ2n) is 5.37. The lowest BCUT2D eigenvalue weighted by Crippen LogP contribution is -2.46. The number of aliphatic hydroxyl groups is 1. The average molecular weight is 245 g/mol. The van der Waals surface area contributed by atoms with Gasteiger partial charge in [0.25, 0.3) is 0 Å². The molecular weight excluding hydrogens is 218 g/mol. The van der Waals surface area contributed by atoms with E-state index in [4.69, 9.17) is 9.47 Å². The first-order valence-electron chi connectivity index (χ1n) is 6.59. The van der Waals surface area contributed by atoms with Gasteiger partial charge in [-0.25, -0.2) is 0 Å². The third-order valence-electron chi connectivity index (χ3n) is 3.65. The highest BCUT2D eigenvalue weighted by atomic mass is 16.5. The van der Waals surface area contributed by atoms with Crippen LogP contribution < -0.4 is 5.32 Å². The second-order valence-corrected chi connectivity index (χ2v) is 5.37. The van der Waals surface area contributed by atoms with Crippen molar-refractivity contribution in [2.75, 3.05) is 33.5 Å². The molecule has 1 aliphatic heterocycles. The van der Waals surface area contributed by atoms with Gasteiger partial charge in [0, 0.05) is 25.4 Å². The van der Waals surface area contributed by atoms with E-state index in [2.05, 4.69) is 12.2 Å². The highest BCUT2D eigenvalue weighted by molar-refractivity contribution is 4.83. The van der Waals surface area contributed by atoms with Crippen LogP contribution in [-0.2, 0) is 9.47 Å². The van der Waals surface area contributed by atoms with Crippen LogP contribution in [-0.4, -0.2) is 50.2 Å². The predicted molar refractivity (Wildman–Crippen MR) is 68.1 cm³/mol. The lowest BCUT2D eigenvalue weighted by molar-refractivity contribution is -0.0188. The van der Waals surface area contributed by atoms with Crippen molar-refractivity contribution in [3.8, 4) is 0 Å². The molecule has 1 rings (SSSR count). The molecule has 1 saturated heterocycles. The summed E-state index contributed by atoms with van der Waals surface area (Å²) < 4.78 is 11.2. The zero-order valence-electron chi connectivity index (χ0n) is 11.4. The van der Waals surface area contributed by atoms with Crippen LogP contribution in [0.25, 0.3) is 0 Å². The maximum atomic E-state index is 9.32. The largest absolute Gasteiger partial charge is 0.394 e. The van der Waals surface area contributed by atoms with Gasteiger partial charge in [0.2, 0.25) is 0 Å². The SMILES string of the molecule is CNC(C)(CO)CC(C)OCC1CCOCC1. The Morgan fingerprint density at radius 1 is 1.47 bits per heavy atom. The number of aliphatic hydroxyl groups excluding tert-OH is 1. The Kier molecular flexibility index (Phi) is 6.41. The van der Waals surface area contributed by atoms with E-state index in [9.17, 15) is 5.11 Å². The van der Waals surface area contributed by atoms with Crippen LogP contribution in [0.15, 0.2) is 0 Å². The maximum Gasteiger partial charge on any atom is 0.0611 e. The minimum atomic E-state index is -0.241. The van der Waals surface area contributed by atoms with E-state index in [1.165, 1.54) is 0 Å². The first-order chi connectivity index (χ1) is 8.09. The van der Waals surface area contributed by atoms with Crippen LogP contribution in [0.1, 0.15) is 33.1 Å². The van der Waals surface area contributed by atoms with Crippen molar-refractivity contribution in [2.45, 2.75) is 44.8 Å². The van der Waals surface area contributed by atoms with Crippen LogP contribution >= 0.6 is 0 Å². The molecule has 2 unspecified atom stereocenters. The van der Waals surface area contributed by atoms with E-state index >= 15 is 0 Å². The van der Waals surface area contributed by atoms with Crippen LogP contribution in [0.4, 0.5) is 0 Å². The summed E-state index contributed by atoms with van der Waals surface area (Å²) in [5.74, 6) is 0.640. The Labute approximate surface area is 105 Å². The van der Waals surface area contributed by atoms with Crippen molar-refractivity contribution in [1.29, 1.82) is 0 Å². The van der Waals surface area contributed by atoms with Crippen molar-refractivity contribution >= 4 is 0 Å².